The van der Waals surface area contributed by atoms with Crippen LogP contribution in [0.25, 0.3) is 0 Å². The van der Waals surface area contributed by atoms with Crippen LogP contribution in [0.2, 0.25) is 5.02 Å². The molecular weight excluding hydrogens is 340 g/mol. The lowest BCUT2D eigenvalue weighted by Crippen LogP contribution is -2.53. The zero-order valence-electron chi connectivity index (χ0n) is 13.4. The van der Waals surface area contributed by atoms with Crippen LogP contribution >= 0.6 is 11.6 Å². The van der Waals surface area contributed by atoms with Gasteiger partial charge in [-0.3, -0.25) is 9.59 Å². The Morgan fingerprint density at radius 3 is 2.35 bits per heavy atom. The molecule has 1 fully saturated rings. The molecule has 0 N–H and O–H groups in total. The minimum absolute atomic E-state index is 0.0320. The van der Waals surface area contributed by atoms with Gasteiger partial charge in [-0.25, -0.2) is 8.61 Å². The van der Waals surface area contributed by atoms with E-state index in [4.69, 9.17) is 11.6 Å². The van der Waals surface area contributed by atoms with Crippen molar-refractivity contribution in [3.05, 3.63) is 34.9 Å². The third-order valence-corrected chi connectivity index (χ3v) is 6.61. The molecule has 0 saturated carbocycles. The largest absolute Gasteiger partial charge is 0.332 e. The quantitative estimate of drug-likeness (QED) is 0.830. The van der Waals surface area contributed by atoms with Crippen LogP contribution in [0, 0.1) is 5.92 Å². The molecule has 1 atom stereocenters. The van der Waals surface area contributed by atoms with E-state index in [0.717, 1.165) is 4.31 Å². The Labute approximate surface area is 141 Å². The van der Waals surface area contributed by atoms with E-state index >= 15 is 0 Å². The highest BCUT2D eigenvalue weighted by molar-refractivity contribution is 7.88. The molecule has 1 unspecified atom stereocenters. The van der Waals surface area contributed by atoms with Crippen molar-refractivity contribution in [3.8, 4) is 0 Å². The molecule has 0 spiro atoms. The van der Waals surface area contributed by atoms with E-state index in [-0.39, 0.29) is 17.1 Å². The summed E-state index contributed by atoms with van der Waals surface area (Å²) >= 11 is 6.03. The lowest BCUT2D eigenvalue weighted by Gasteiger charge is -2.33. The molecule has 6 nitrogen and oxygen atoms in total. The molecule has 0 bridgehead atoms. The van der Waals surface area contributed by atoms with Crippen molar-refractivity contribution in [3.63, 3.8) is 0 Å². The molecule has 2 amide bonds. The molecule has 1 aliphatic rings. The highest BCUT2D eigenvalue weighted by atomic mass is 35.5. The molecule has 0 radical (unpaired) electrons. The Bertz CT molecular complexity index is 762. The first-order valence-electron chi connectivity index (χ1n) is 7.26. The van der Waals surface area contributed by atoms with Gasteiger partial charge in [-0.2, -0.15) is 8.42 Å². The molecule has 0 aromatic heterocycles. The van der Waals surface area contributed by atoms with Gasteiger partial charge in [0.2, 0.25) is 0 Å². The monoisotopic (exact) mass is 358 g/mol. The van der Waals surface area contributed by atoms with Gasteiger partial charge in [-0.1, -0.05) is 37.6 Å². The summed E-state index contributed by atoms with van der Waals surface area (Å²) in [5, 5.41) is 0.140. The molecule has 23 heavy (non-hydrogen) atoms. The second-order valence-electron chi connectivity index (χ2n) is 5.83. The van der Waals surface area contributed by atoms with Crippen molar-refractivity contribution >= 4 is 33.6 Å². The second-order valence-corrected chi connectivity index (χ2v) is 7.94. The van der Waals surface area contributed by atoms with Crippen LogP contribution in [-0.4, -0.2) is 40.9 Å². The predicted octanol–water partition coefficient (Wildman–Crippen LogP) is 2.30. The molecule has 2 rings (SSSR count). The van der Waals surface area contributed by atoms with Crippen molar-refractivity contribution in [1.29, 1.82) is 0 Å². The molecule has 1 aliphatic heterocycles. The average molecular weight is 359 g/mol. The molecule has 1 aromatic rings. The summed E-state index contributed by atoms with van der Waals surface area (Å²) in [7, 11) is -4.23. The zero-order valence-corrected chi connectivity index (χ0v) is 15.0. The number of benzene rings is 1. The summed E-state index contributed by atoms with van der Waals surface area (Å²) in [6.45, 7) is 6.41. The first kappa shape index (κ1) is 17.7. The van der Waals surface area contributed by atoms with Gasteiger partial charge in [0.05, 0.1) is 10.6 Å². The van der Waals surface area contributed by atoms with E-state index in [1.165, 1.54) is 19.1 Å². The van der Waals surface area contributed by atoms with Crippen molar-refractivity contribution in [1.82, 2.24) is 8.61 Å². The molecule has 1 saturated heterocycles. The summed E-state index contributed by atoms with van der Waals surface area (Å²) in [6, 6.07) is 6.18. The van der Waals surface area contributed by atoms with Gasteiger partial charge in [-0.15, -0.1) is 0 Å². The van der Waals surface area contributed by atoms with Gasteiger partial charge in [0.1, 0.15) is 5.54 Å². The maximum Gasteiger partial charge on any atom is 0.332 e. The van der Waals surface area contributed by atoms with Crippen LogP contribution in [0.5, 0.6) is 0 Å². The lowest BCUT2D eigenvalue weighted by molar-refractivity contribution is -0.133. The number of amides is 2. The number of hydrogen-bond donors (Lipinski definition) is 0. The van der Waals surface area contributed by atoms with Gasteiger partial charge in [0.15, 0.2) is 0 Å². The standard InChI is InChI=1S/C15H19ClN2O4S/c1-5-17-14(20)15(4,10(2)3)18(23(17,21)22)13(19)11-8-6-7-9-12(11)16/h6-10H,5H2,1-4H3. The second kappa shape index (κ2) is 5.79. The number of halogens is 1. The first-order chi connectivity index (χ1) is 10.6. The number of hydrogen-bond acceptors (Lipinski definition) is 4. The first-order valence-corrected chi connectivity index (χ1v) is 9.04. The normalized spacial score (nSPS) is 23.7. The topological polar surface area (TPSA) is 74.8 Å². The summed E-state index contributed by atoms with van der Waals surface area (Å²) in [5.74, 6) is -1.79. The molecule has 126 valence electrons. The SMILES string of the molecule is CCN1C(=O)C(C)(C(C)C)N(C(=O)c2ccccc2Cl)S1(=O)=O. The molecule has 0 aliphatic carbocycles. The lowest BCUT2D eigenvalue weighted by atomic mass is 9.87. The van der Waals surface area contributed by atoms with Gasteiger partial charge in [0, 0.05) is 6.54 Å². The van der Waals surface area contributed by atoms with Crippen LogP contribution < -0.4 is 0 Å². The fraction of sp³-hybridized carbons (Fsp3) is 0.467. The maximum absolute atomic E-state index is 12.9. The molecule has 1 heterocycles. The van der Waals surface area contributed by atoms with E-state index in [2.05, 4.69) is 0 Å². The Morgan fingerprint density at radius 1 is 1.30 bits per heavy atom. The van der Waals surface area contributed by atoms with Crippen molar-refractivity contribution in [2.24, 2.45) is 5.92 Å². The maximum atomic E-state index is 12.9. The Hall–Kier alpha value is -1.60. The van der Waals surface area contributed by atoms with Crippen LogP contribution in [0.4, 0.5) is 0 Å². The minimum atomic E-state index is -4.23. The van der Waals surface area contributed by atoms with Crippen LogP contribution in [-0.2, 0) is 15.0 Å². The highest BCUT2D eigenvalue weighted by Gasteiger charge is 2.61. The van der Waals surface area contributed by atoms with E-state index in [9.17, 15) is 18.0 Å². The summed E-state index contributed by atoms with van der Waals surface area (Å²) in [5.41, 5.74) is -1.43. The molecule has 8 heteroatoms. The van der Waals surface area contributed by atoms with Gasteiger partial charge >= 0.3 is 10.2 Å². The van der Waals surface area contributed by atoms with Gasteiger partial charge in [0.25, 0.3) is 11.8 Å². The van der Waals surface area contributed by atoms with Crippen molar-refractivity contribution < 1.29 is 18.0 Å². The summed E-state index contributed by atoms with van der Waals surface area (Å²) in [4.78, 5) is 25.6. The van der Waals surface area contributed by atoms with Crippen LogP contribution in [0.1, 0.15) is 38.1 Å². The number of rotatable bonds is 3. The fourth-order valence-electron chi connectivity index (χ4n) is 2.63. The van der Waals surface area contributed by atoms with E-state index in [1.54, 1.807) is 32.9 Å². The highest BCUT2D eigenvalue weighted by Crippen LogP contribution is 2.39. The predicted molar refractivity (Wildman–Crippen MR) is 87.2 cm³/mol. The average Bonchev–Trinajstić information content (AvgIpc) is 2.62. The number of carbonyl (C=O) groups is 2. The van der Waals surface area contributed by atoms with E-state index < -0.39 is 33.5 Å². The number of likely N-dealkylation sites (N-methyl/N-ethyl adjacent to an activating group) is 1. The smallest absolute Gasteiger partial charge is 0.271 e. The molecule has 1 aromatic carbocycles. The van der Waals surface area contributed by atoms with Crippen molar-refractivity contribution in [2.45, 2.75) is 33.2 Å². The number of carbonyl (C=O) groups excluding carboxylic acids is 2. The minimum Gasteiger partial charge on any atom is -0.271 e. The van der Waals surface area contributed by atoms with E-state index in [1.807, 2.05) is 0 Å². The third kappa shape index (κ3) is 2.42. The number of nitrogens with zero attached hydrogens (tertiary/aromatic N) is 2. The van der Waals surface area contributed by atoms with Crippen LogP contribution in [0.15, 0.2) is 24.3 Å². The third-order valence-electron chi connectivity index (χ3n) is 4.29. The Morgan fingerprint density at radius 2 is 1.87 bits per heavy atom. The Balaban J connectivity index is 2.68. The summed E-state index contributed by atoms with van der Waals surface area (Å²) < 4.78 is 26.9. The van der Waals surface area contributed by atoms with Crippen molar-refractivity contribution in [2.75, 3.05) is 6.54 Å². The summed E-state index contributed by atoms with van der Waals surface area (Å²) in [6.07, 6.45) is 0. The zero-order chi connectivity index (χ0) is 17.6. The van der Waals surface area contributed by atoms with E-state index in [0.29, 0.717) is 4.31 Å². The fourth-order valence-corrected chi connectivity index (χ4v) is 4.84. The van der Waals surface area contributed by atoms with Gasteiger partial charge < -0.3 is 0 Å². The van der Waals surface area contributed by atoms with Gasteiger partial charge in [-0.05, 0) is 31.9 Å². The Kier molecular flexibility index (Phi) is 4.47. The van der Waals surface area contributed by atoms with Crippen LogP contribution in [0.3, 0.4) is 0 Å². The molecular formula is C15H19ClN2O4S.